The number of aromatic nitrogens is 1. The monoisotopic (exact) mass is 522 g/mol. The number of aryl methyl sites for hydroxylation is 1. The van der Waals surface area contributed by atoms with Crippen LogP contribution in [0, 0.1) is 0 Å². The highest BCUT2D eigenvalue weighted by atomic mass is 16.5. The van der Waals surface area contributed by atoms with Crippen molar-refractivity contribution in [2.24, 2.45) is 12.1 Å². The third kappa shape index (κ3) is 5.58. The van der Waals surface area contributed by atoms with Crippen LogP contribution in [-0.2, 0) is 11.8 Å². The van der Waals surface area contributed by atoms with E-state index >= 15 is 0 Å². The van der Waals surface area contributed by atoms with Crippen LogP contribution in [0.1, 0.15) is 49.0 Å². The Morgan fingerprint density at radius 2 is 1.62 bits per heavy atom. The smallest absolute Gasteiger partial charge is 0.271 e. The number of fused-ring (bicyclic) bond motifs is 1. The molecule has 7 heteroatoms. The highest BCUT2D eigenvalue weighted by Crippen LogP contribution is 2.31. The van der Waals surface area contributed by atoms with Crippen LogP contribution in [-0.4, -0.2) is 46.2 Å². The normalized spacial score (nSPS) is 17.5. The van der Waals surface area contributed by atoms with Gasteiger partial charge in [0.15, 0.2) is 6.61 Å². The number of nitrogens with zero attached hydrogens (tertiary/aromatic N) is 3. The Bertz CT molecular complexity index is 1480. The van der Waals surface area contributed by atoms with Crippen molar-refractivity contribution in [1.29, 1.82) is 0 Å². The summed E-state index contributed by atoms with van der Waals surface area (Å²) in [6.07, 6.45) is 4.90. The molecule has 3 aromatic carbocycles. The number of hydrogen-bond acceptors (Lipinski definition) is 4. The standard InChI is InChI=1S/C32H34N4O3/c1-22-10-9-11-23(2)36(22)30(37)21-39-26-18-16-25(17-19-26)32(38)34-33-20-28-27-14-7-8-15-29(27)35(3)31(28)24-12-5-4-6-13-24/h4-8,12-20,22-23H,9-11,21H2,1-3H3,(H,34,38)/b33-20-/t22-,23-/m0/s1. The van der Waals surface area contributed by atoms with Gasteiger partial charge in [0.05, 0.1) is 11.9 Å². The fraction of sp³-hybridized carbons (Fsp3) is 0.281. The van der Waals surface area contributed by atoms with Crippen molar-refractivity contribution in [3.05, 3.63) is 90.0 Å². The summed E-state index contributed by atoms with van der Waals surface area (Å²) >= 11 is 0. The Kier molecular flexibility index (Phi) is 7.77. The summed E-state index contributed by atoms with van der Waals surface area (Å²) < 4.78 is 7.88. The zero-order valence-electron chi connectivity index (χ0n) is 22.6. The van der Waals surface area contributed by atoms with Crippen molar-refractivity contribution in [2.45, 2.75) is 45.2 Å². The van der Waals surface area contributed by atoms with Crippen molar-refractivity contribution in [3.63, 3.8) is 0 Å². The molecule has 2 amide bonds. The van der Waals surface area contributed by atoms with E-state index in [4.69, 9.17) is 4.74 Å². The number of hydrogen-bond donors (Lipinski definition) is 1. The fourth-order valence-electron chi connectivity index (χ4n) is 5.55. The summed E-state index contributed by atoms with van der Waals surface area (Å²) in [5.41, 5.74) is 7.21. The van der Waals surface area contributed by atoms with Crippen molar-refractivity contribution < 1.29 is 14.3 Å². The Morgan fingerprint density at radius 1 is 0.949 bits per heavy atom. The van der Waals surface area contributed by atoms with E-state index in [1.165, 1.54) is 0 Å². The lowest BCUT2D eigenvalue weighted by molar-refractivity contribution is -0.139. The van der Waals surface area contributed by atoms with E-state index in [1.54, 1.807) is 30.5 Å². The number of amides is 2. The van der Waals surface area contributed by atoms with Gasteiger partial charge in [0.1, 0.15) is 5.75 Å². The van der Waals surface area contributed by atoms with E-state index in [-0.39, 0.29) is 30.5 Å². The second-order valence-electron chi connectivity index (χ2n) is 10.1. The number of piperidine rings is 1. The van der Waals surface area contributed by atoms with Gasteiger partial charge >= 0.3 is 0 Å². The summed E-state index contributed by atoms with van der Waals surface area (Å²) in [6.45, 7) is 4.16. The fourth-order valence-corrected chi connectivity index (χ4v) is 5.55. The van der Waals surface area contributed by atoms with Crippen molar-refractivity contribution in [1.82, 2.24) is 14.9 Å². The number of ether oxygens (including phenoxy) is 1. The highest BCUT2D eigenvalue weighted by Gasteiger charge is 2.29. The molecule has 0 aliphatic carbocycles. The first-order chi connectivity index (χ1) is 18.9. The van der Waals surface area contributed by atoms with Gasteiger partial charge in [-0.25, -0.2) is 5.43 Å². The quantitative estimate of drug-likeness (QED) is 0.247. The second-order valence-corrected chi connectivity index (χ2v) is 10.1. The van der Waals surface area contributed by atoms with E-state index in [0.29, 0.717) is 11.3 Å². The molecule has 1 fully saturated rings. The molecular formula is C32H34N4O3. The topological polar surface area (TPSA) is 75.9 Å². The number of carbonyl (C=O) groups is 2. The molecule has 1 saturated heterocycles. The average Bonchev–Trinajstić information content (AvgIpc) is 3.24. The minimum absolute atomic E-state index is 0.00540. The number of benzene rings is 3. The minimum atomic E-state index is -0.327. The van der Waals surface area contributed by atoms with Gasteiger partial charge in [-0.3, -0.25) is 9.59 Å². The largest absolute Gasteiger partial charge is 0.484 e. The number of likely N-dealkylation sites (tertiary alicyclic amines) is 1. The second kappa shape index (κ2) is 11.6. The van der Waals surface area contributed by atoms with Crippen molar-refractivity contribution in [2.75, 3.05) is 6.61 Å². The van der Waals surface area contributed by atoms with Gasteiger partial charge in [-0.05, 0) is 69.0 Å². The van der Waals surface area contributed by atoms with Gasteiger partial charge in [-0.1, -0.05) is 48.5 Å². The van der Waals surface area contributed by atoms with Crippen LogP contribution in [0.3, 0.4) is 0 Å². The molecule has 0 spiro atoms. The SMILES string of the molecule is C[C@H]1CCC[C@H](C)N1C(=O)COc1ccc(C(=O)N/N=C\c2c(-c3ccccc3)n(C)c3ccccc23)cc1. The summed E-state index contributed by atoms with van der Waals surface area (Å²) in [4.78, 5) is 27.4. The van der Waals surface area contributed by atoms with Crippen molar-refractivity contribution in [3.8, 4) is 17.0 Å². The maximum atomic E-state index is 12.8. The Hall–Kier alpha value is -4.39. The Labute approximate surface area is 229 Å². The molecule has 2 heterocycles. The predicted octanol–water partition coefficient (Wildman–Crippen LogP) is 5.78. The first kappa shape index (κ1) is 26.2. The molecule has 1 aliphatic rings. The maximum Gasteiger partial charge on any atom is 0.271 e. The van der Waals surface area contributed by atoms with Crippen LogP contribution < -0.4 is 10.2 Å². The molecule has 2 atom stereocenters. The molecule has 7 nitrogen and oxygen atoms in total. The number of rotatable bonds is 7. The highest BCUT2D eigenvalue weighted by molar-refractivity contribution is 6.07. The van der Waals surface area contributed by atoms with Crippen LogP contribution >= 0.6 is 0 Å². The molecule has 0 unspecified atom stereocenters. The van der Waals surface area contributed by atoms with Crippen LogP contribution in [0.25, 0.3) is 22.2 Å². The summed E-state index contributed by atoms with van der Waals surface area (Å²) in [5, 5.41) is 5.35. The third-order valence-corrected chi connectivity index (χ3v) is 7.51. The van der Waals surface area contributed by atoms with Crippen LogP contribution in [0.15, 0.2) is 84.0 Å². The lowest BCUT2D eigenvalue weighted by atomic mass is 9.97. The third-order valence-electron chi connectivity index (χ3n) is 7.51. The number of carbonyl (C=O) groups excluding carboxylic acids is 2. The number of para-hydroxylation sites is 1. The first-order valence-corrected chi connectivity index (χ1v) is 13.4. The minimum Gasteiger partial charge on any atom is -0.484 e. The van der Waals surface area contributed by atoms with E-state index in [1.807, 2.05) is 42.3 Å². The summed E-state index contributed by atoms with van der Waals surface area (Å²) in [7, 11) is 2.03. The molecule has 1 aliphatic heterocycles. The Balaban J connectivity index is 1.25. The lowest BCUT2D eigenvalue weighted by Crippen LogP contribution is -2.49. The van der Waals surface area contributed by atoms with Gasteiger partial charge in [0.25, 0.3) is 11.8 Å². The summed E-state index contributed by atoms with van der Waals surface area (Å²) in [5.74, 6) is 0.212. The predicted molar refractivity (Wildman–Crippen MR) is 155 cm³/mol. The van der Waals surface area contributed by atoms with Crippen LogP contribution in [0.5, 0.6) is 5.75 Å². The average molecular weight is 523 g/mol. The van der Waals surface area contributed by atoms with Gasteiger partial charge in [0, 0.05) is 41.2 Å². The Morgan fingerprint density at radius 3 is 2.33 bits per heavy atom. The molecule has 200 valence electrons. The molecule has 0 saturated carbocycles. The number of nitrogens with one attached hydrogen (secondary N) is 1. The molecule has 4 aromatic rings. The van der Waals surface area contributed by atoms with Crippen LogP contribution in [0.2, 0.25) is 0 Å². The van der Waals surface area contributed by atoms with Gasteiger partial charge < -0.3 is 14.2 Å². The van der Waals surface area contributed by atoms with E-state index in [0.717, 1.165) is 47.0 Å². The van der Waals surface area contributed by atoms with Gasteiger partial charge in [0.2, 0.25) is 0 Å². The van der Waals surface area contributed by atoms with E-state index in [2.05, 4.69) is 53.2 Å². The molecule has 1 N–H and O–H groups in total. The van der Waals surface area contributed by atoms with Crippen molar-refractivity contribution >= 4 is 28.9 Å². The summed E-state index contributed by atoms with van der Waals surface area (Å²) in [6, 6.07) is 25.5. The van der Waals surface area contributed by atoms with E-state index < -0.39 is 0 Å². The molecule has 0 bridgehead atoms. The zero-order chi connectivity index (χ0) is 27.4. The first-order valence-electron chi connectivity index (χ1n) is 13.4. The maximum absolute atomic E-state index is 12.8. The van der Waals surface area contributed by atoms with E-state index in [9.17, 15) is 9.59 Å². The zero-order valence-corrected chi connectivity index (χ0v) is 22.6. The molecule has 1 aromatic heterocycles. The molecule has 39 heavy (non-hydrogen) atoms. The molecule has 5 rings (SSSR count). The lowest BCUT2D eigenvalue weighted by Gasteiger charge is -2.38. The molecule has 0 radical (unpaired) electrons. The van der Waals surface area contributed by atoms with Crippen LogP contribution in [0.4, 0.5) is 0 Å². The van der Waals surface area contributed by atoms with Gasteiger partial charge in [-0.2, -0.15) is 5.10 Å². The molecular weight excluding hydrogens is 488 g/mol. The number of hydrazone groups is 1. The van der Waals surface area contributed by atoms with Gasteiger partial charge in [-0.15, -0.1) is 0 Å².